The molecule has 2 fully saturated rings. The summed E-state index contributed by atoms with van der Waals surface area (Å²) in [4.78, 5) is 26.3. The largest absolute Gasteiger partial charge is 0.368 e. The third-order valence-corrected chi connectivity index (χ3v) is 6.99. The Morgan fingerprint density at radius 2 is 1.83 bits per heavy atom. The second-order valence-corrected chi connectivity index (χ2v) is 9.24. The van der Waals surface area contributed by atoms with Crippen molar-refractivity contribution in [3.63, 3.8) is 0 Å². The van der Waals surface area contributed by atoms with Crippen molar-refractivity contribution in [2.24, 2.45) is 5.92 Å². The molecule has 0 aliphatic carbocycles. The Bertz CT molecular complexity index is 1120. The van der Waals surface area contributed by atoms with E-state index in [2.05, 4.69) is 79.8 Å². The Kier molecular flexibility index (Phi) is 7.23. The van der Waals surface area contributed by atoms with E-state index in [4.69, 9.17) is 0 Å². The van der Waals surface area contributed by atoms with Crippen LogP contribution in [0.1, 0.15) is 25.3 Å². The van der Waals surface area contributed by atoms with E-state index in [1.807, 2.05) is 12.1 Å². The molecule has 0 unspecified atom stereocenters. The number of carbonyl (C=O) groups is 1. The minimum Gasteiger partial charge on any atom is -0.368 e. The van der Waals surface area contributed by atoms with Gasteiger partial charge in [-0.3, -0.25) is 4.79 Å². The lowest BCUT2D eigenvalue weighted by Gasteiger charge is -2.38. The van der Waals surface area contributed by atoms with Crippen LogP contribution in [0.3, 0.4) is 0 Å². The number of nitrogens with zero attached hydrogens (tertiary/aromatic N) is 4. The molecule has 3 heterocycles. The van der Waals surface area contributed by atoms with Crippen molar-refractivity contribution in [3.8, 4) is 11.3 Å². The van der Waals surface area contributed by atoms with Crippen LogP contribution < -0.4 is 15.5 Å². The van der Waals surface area contributed by atoms with Crippen molar-refractivity contribution < 1.29 is 4.79 Å². The number of hydrogen-bond acceptors (Lipinski definition) is 6. The summed E-state index contributed by atoms with van der Waals surface area (Å²) in [6.07, 6.45) is 4.69. The predicted octanol–water partition coefficient (Wildman–Crippen LogP) is 3.90. The molecule has 2 N–H and O–H groups in total. The van der Waals surface area contributed by atoms with Crippen molar-refractivity contribution >= 4 is 23.2 Å². The van der Waals surface area contributed by atoms with Crippen molar-refractivity contribution in [2.75, 3.05) is 49.5 Å². The van der Waals surface area contributed by atoms with Gasteiger partial charge >= 0.3 is 0 Å². The van der Waals surface area contributed by atoms with E-state index in [1.54, 1.807) is 6.20 Å². The van der Waals surface area contributed by atoms with Gasteiger partial charge in [0.1, 0.15) is 0 Å². The van der Waals surface area contributed by atoms with E-state index in [0.717, 1.165) is 75.5 Å². The zero-order chi connectivity index (χ0) is 24.0. The molecule has 0 saturated carbocycles. The fourth-order valence-corrected chi connectivity index (χ4v) is 4.80. The maximum Gasteiger partial charge on any atom is 0.227 e. The summed E-state index contributed by atoms with van der Waals surface area (Å²) in [5.41, 5.74) is 5.18. The van der Waals surface area contributed by atoms with Crippen LogP contribution in [0.15, 0.2) is 54.7 Å². The third kappa shape index (κ3) is 5.62. The van der Waals surface area contributed by atoms with E-state index in [9.17, 15) is 4.79 Å². The lowest BCUT2D eigenvalue weighted by Crippen LogP contribution is -2.51. The minimum atomic E-state index is 0.197. The van der Waals surface area contributed by atoms with Crippen molar-refractivity contribution in [3.05, 3.63) is 66.4 Å². The van der Waals surface area contributed by atoms with Crippen molar-refractivity contribution in [1.29, 1.82) is 0 Å². The van der Waals surface area contributed by atoms with Crippen LogP contribution >= 0.6 is 0 Å². The number of aromatic nitrogens is 2. The van der Waals surface area contributed by atoms with Gasteiger partial charge in [0.05, 0.1) is 5.69 Å². The fraction of sp³-hybridized carbons (Fsp3) is 0.393. The van der Waals surface area contributed by atoms with Crippen LogP contribution in [-0.2, 0) is 11.2 Å². The normalized spacial score (nSPS) is 16.8. The number of piperazine rings is 1. The molecule has 35 heavy (non-hydrogen) atoms. The predicted molar refractivity (Wildman–Crippen MR) is 140 cm³/mol. The Morgan fingerprint density at radius 1 is 1.06 bits per heavy atom. The molecule has 1 radical (unpaired) electrons. The zero-order valence-corrected chi connectivity index (χ0v) is 20.3. The number of anilines is 3. The highest BCUT2D eigenvalue weighted by Crippen LogP contribution is 2.24. The van der Waals surface area contributed by atoms with Crippen LogP contribution in [0.25, 0.3) is 11.3 Å². The number of rotatable bonds is 6. The lowest BCUT2D eigenvalue weighted by atomic mass is 9.96. The molecule has 0 bridgehead atoms. The third-order valence-electron chi connectivity index (χ3n) is 6.99. The first kappa shape index (κ1) is 23.3. The average Bonchev–Trinajstić information content (AvgIpc) is 2.94. The van der Waals surface area contributed by atoms with Crippen molar-refractivity contribution in [1.82, 2.24) is 20.2 Å². The van der Waals surface area contributed by atoms with Crippen LogP contribution in [0.5, 0.6) is 0 Å². The van der Waals surface area contributed by atoms with Gasteiger partial charge in [0.2, 0.25) is 11.9 Å². The molecule has 1 amide bonds. The Hall–Kier alpha value is -3.45. The van der Waals surface area contributed by atoms with Gasteiger partial charge in [0.25, 0.3) is 0 Å². The maximum atomic E-state index is 12.8. The molecule has 2 aromatic carbocycles. The number of carbonyl (C=O) groups excluding carboxylic acids is 1. The summed E-state index contributed by atoms with van der Waals surface area (Å²) in [6.45, 7) is 7.36. The van der Waals surface area contributed by atoms with Crippen molar-refractivity contribution in [2.45, 2.75) is 26.2 Å². The molecule has 0 atom stereocenters. The first-order valence-electron chi connectivity index (χ1n) is 12.6. The van der Waals surface area contributed by atoms with Gasteiger partial charge in [0, 0.05) is 55.2 Å². The number of nitrogens with one attached hydrogen (secondary N) is 2. The van der Waals surface area contributed by atoms with E-state index in [-0.39, 0.29) is 5.92 Å². The summed E-state index contributed by atoms with van der Waals surface area (Å²) in [6, 6.07) is 19.8. The van der Waals surface area contributed by atoms with Crippen LogP contribution in [0.4, 0.5) is 17.3 Å². The summed E-state index contributed by atoms with van der Waals surface area (Å²) in [5, 5.41) is 6.65. The minimum absolute atomic E-state index is 0.197. The molecule has 2 saturated heterocycles. The highest BCUT2D eigenvalue weighted by molar-refractivity contribution is 5.79. The molecule has 1 aromatic heterocycles. The molecule has 3 aromatic rings. The highest BCUT2D eigenvalue weighted by Gasteiger charge is 2.28. The zero-order valence-electron chi connectivity index (χ0n) is 20.3. The van der Waals surface area contributed by atoms with Gasteiger partial charge < -0.3 is 20.4 Å². The molecule has 181 valence electrons. The first-order chi connectivity index (χ1) is 17.2. The van der Waals surface area contributed by atoms with Gasteiger partial charge in [-0.25, -0.2) is 9.97 Å². The summed E-state index contributed by atoms with van der Waals surface area (Å²) in [7, 11) is 0. The molecule has 2 aliphatic heterocycles. The topological polar surface area (TPSA) is 73.4 Å². The van der Waals surface area contributed by atoms with E-state index < -0.39 is 0 Å². The molecule has 7 heteroatoms. The second kappa shape index (κ2) is 10.9. The van der Waals surface area contributed by atoms with Gasteiger partial charge in [-0.2, -0.15) is 0 Å². The Morgan fingerprint density at radius 3 is 2.51 bits per heavy atom. The number of amides is 1. The smallest absolute Gasteiger partial charge is 0.227 e. The van der Waals surface area contributed by atoms with Gasteiger partial charge in [-0.05, 0) is 74.3 Å². The van der Waals surface area contributed by atoms with Crippen LogP contribution in [0, 0.1) is 12.0 Å². The fourth-order valence-electron chi connectivity index (χ4n) is 4.80. The summed E-state index contributed by atoms with van der Waals surface area (Å²) < 4.78 is 0. The Balaban J connectivity index is 1.17. The molecule has 7 nitrogen and oxygen atoms in total. The Labute approximate surface area is 207 Å². The number of piperidine rings is 1. The molecule has 0 spiro atoms. The van der Waals surface area contributed by atoms with Crippen LogP contribution in [-0.4, -0.2) is 60.0 Å². The van der Waals surface area contributed by atoms with Crippen LogP contribution in [0.2, 0.25) is 0 Å². The summed E-state index contributed by atoms with van der Waals surface area (Å²) >= 11 is 0. The number of benzene rings is 2. The van der Waals surface area contributed by atoms with E-state index in [1.165, 1.54) is 11.3 Å². The molecular formula is C28H33N6O. The van der Waals surface area contributed by atoms with Gasteiger partial charge in [0.15, 0.2) is 0 Å². The lowest BCUT2D eigenvalue weighted by molar-refractivity contribution is -0.136. The van der Waals surface area contributed by atoms with Gasteiger partial charge in [-0.1, -0.05) is 25.1 Å². The highest BCUT2D eigenvalue weighted by atomic mass is 16.2. The monoisotopic (exact) mass is 469 g/mol. The standard InChI is InChI=1S/C28H33N6O/c1-2-21-3-5-22(6-4-21)26-13-16-30-28(32-26)31-24-7-9-25(10-8-24)33-17-19-34(20-18-33)27(35)23-11-14-29-15-12-23/h3-5,7-10,13,16,23,29H,2,11-12,14-15,17-20H2,1H3,(H,30,31,32). The maximum absolute atomic E-state index is 12.8. The quantitative estimate of drug-likeness (QED) is 0.571. The van der Waals surface area contributed by atoms with E-state index >= 15 is 0 Å². The van der Waals surface area contributed by atoms with Gasteiger partial charge in [-0.15, -0.1) is 0 Å². The molecular weight excluding hydrogens is 436 g/mol. The molecule has 5 rings (SSSR count). The first-order valence-corrected chi connectivity index (χ1v) is 12.6. The average molecular weight is 470 g/mol. The second-order valence-electron chi connectivity index (χ2n) is 9.24. The summed E-state index contributed by atoms with van der Waals surface area (Å²) in [5.74, 6) is 1.10. The number of hydrogen-bond donors (Lipinski definition) is 2. The SMILES string of the molecule is CCc1c[c]c(-c2ccnc(Nc3ccc(N4CCN(C(=O)C5CCNCC5)CC4)cc3)n2)cc1. The van der Waals surface area contributed by atoms with E-state index in [0.29, 0.717) is 11.9 Å². The molecule has 2 aliphatic rings. The number of aryl methyl sites for hydroxylation is 1.